The number of hydrogen-bond acceptors (Lipinski definition) is 5. The maximum absolute atomic E-state index is 9.89. The van der Waals surface area contributed by atoms with Gasteiger partial charge in [-0.1, -0.05) is 71.4 Å². The second-order valence-electron chi connectivity index (χ2n) is 8.77. The highest BCUT2D eigenvalue weighted by molar-refractivity contribution is 7.67. The highest BCUT2D eigenvalue weighted by atomic mass is 31.2. The van der Waals surface area contributed by atoms with Gasteiger partial charge in [0, 0.05) is 11.1 Å². The first kappa shape index (κ1) is 23.4. The van der Waals surface area contributed by atoms with Gasteiger partial charge in [0.05, 0.1) is 0 Å². The summed E-state index contributed by atoms with van der Waals surface area (Å²) in [7, 11) is -4.06. The van der Waals surface area contributed by atoms with E-state index < -0.39 is 7.94 Å². The number of para-hydroxylation sites is 2. The van der Waals surface area contributed by atoms with Crippen molar-refractivity contribution in [2.75, 3.05) is 0 Å². The normalized spacial score (nSPS) is 12.4. The Morgan fingerprint density at radius 3 is 1.26 bits per heavy atom. The van der Waals surface area contributed by atoms with Crippen molar-refractivity contribution in [1.82, 2.24) is 0 Å². The van der Waals surface area contributed by atoms with E-state index in [1.54, 1.807) is 12.1 Å². The monoisotopic (exact) mass is 395 g/mol. The van der Waals surface area contributed by atoms with Crippen LogP contribution in [0.15, 0.2) is 36.4 Å². The Bertz CT molecular complexity index is 724. The van der Waals surface area contributed by atoms with E-state index in [4.69, 9.17) is 10.2 Å². The van der Waals surface area contributed by atoms with Gasteiger partial charge >= 0.3 is 7.94 Å². The molecule has 5 nitrogen and oxygen atoms in total. The van der Waals surface area contributed by atoms with Crippen LogP contribution in [0.1, 0.15) is 58.2 Å². The summed E-state index contributed by atoms with van der Waals surface area (Å²) in [6.07, 6.45) is 0. The van der Waals surface area contributed by atoms with Crippen molar-refractivity contribution >= 4 is 13.2 Å². The van der Waals surface area contributed by atoms with Crippen LogP contribution >= 0.6 is 7.94 Å². The molecule has 0 saturated carbocycles. The first-order valence-corrected chi connectivity index (χ1v) is 10.4. The lowest BCUT2D eigenvalue weighted by Crippen LogP contribution is -2.32. The van der Waals surface area contributed by atoms with Crippen molar-refractivity contribution in [1.29, 1.82) is 0 Å². The lowest BCUT2D eigenvalue weighted by atomic mass is 9.79. The number of benzene rings is 2. The topological polar surface area (TPSA) is 101 Å². The molecule has 27 heavy (non-hydrogen) atoms. The van der Waals surface area contributed by atoms with Gasteiger partial charge in [-0.15, -0.1) is 0 Å². The van der Waals surface area contributed by atoms with E-state index in [1.165, 1.54) is 12.1 Å². The molecule has 0 aliphatic carbocycles. The summed E-state index contributed by atoms with van der Waals surface area (Å²) in [4.78, 5) is 29.7. The summed E-state index contributed by atoms with van der Waals surface area (Å²) in [5.41, 5.74) is 2.14. The third-order valence-electron chi connectivity index (χ3n) is 4.05. The predicted octanol–water partition coefficient (Wildman–Crippen LogP) is 4.05. The van der Waals surface area contributed by atoms with E-state index in [9.17, 15) is 14.7 Å². The average Bonchev–Trinajstić information content (AvgIpc) is 2.47. The minimum absolute atomic E-state index is 0.0764. The van der Waals surface area contributed by atoms with E-state index in [-0.39, 0.29) is 22.3 Å². The first-order valence-electron chi connectivity index (χ1n) is 8.75. The average molecular weight is 395 g/mol. The minimum atomic E-state index is -4.06. The van der Waals surface area contributed by atoms with Crippen LogP contribution in [0.3, 0.4) is 0 Å². The van der Waals surface area contributed by atoms with Crippen LogP contribution in [0, 0.1) is 6.92 Å². The third-order valence-corrected chi connectivity index (χ3v) is 5.13. The summed E-state index contributed by atoms with van der Waals surface area (Å²) in [6.45, 7) is 14.0. The maximum atomic E-state index is 9.89. The van der Waals surface area contributed by atoms with Crippen molar-refractivity contribution in [2.45, 2.75) is 59.3 Å². The van der Waals surface area contributed by atoms with Crippen LogP contribution in [0.25, 0.3) is 0 Å². The van der Waals surface area contributed by atoms with E-state index >= 15 is 0 Å². The van der Waals surface area contributed by atoms with Gasteiger partial charge in [0.25, 0.3) is 0 Å². The fraction of sp³-hybridized carbons (Fsp3) is 0.429. The zero-order valence-corrected chi connectivity index (χ0v) is 18.0. The SMILES string of the molecule is Cc1cc(C(C)(C)C)c([P+](O)(O)O)c(C(C)(C)C)c1.Oc1ccccc1O. The number of aryl methyl sites for hydroxylation is 1. The summed E-state index contributed by atoms with van der Waals surface area (Å²) in [5.74, 6) is -0.153. The molecule has 6 heteroatoms. The summed E-state index contributed by atoms with van der Waals surface area (Å²) < 4.78 is 0. The molecule has 5 N–H and O–H groups in total. The van der Waals surface area contributed by atoms with Gasteiger partial charge in [-0.3, -0.25) is 0 Å². The number of hydrogen-bond donors (Lipinski definition) is 5. The molecule has 0 saturated heterocycles. The zero-order valence-electron chi connectivity index (χ0n) is 17.1. The van der Waals surface area contributed by atoms with Crippen LogP contribution in [-0.4, -0.2) is 24.9 Å². The molecule has 0 atom stereocenters. The smallest absolute Gasteiger partial charge is 0.441 e. The molecule has 0 aliphatic rings. The van der Waals surface area contributed by atoms with Crippen molar-refractivity contribution in [2.24, 2.45) is 0 Å². The first-order chi connectivity index (χ1) is 12.0. The minimum Gasteiger partial charge on any atom is -0.504 e. The van der Waals surface area contributed by atoms with E-state index in [0.717, 1.165) is 16.7 Å². The molecule has 0 radical (unpaired) electrons. The van der Waals surface area contributed by atoms with Crippen molar-refractivity contribution in [3.8, 4) is 11.5 Å². The second-order valence-corrected chi connectivity index (χ2v) is 10.3. The Morgan fingerprint density at radius 1 is 0.704 bits per heavy atom. The van der Waals surface area contributed by atoms with Crippen LogP contribution in [0.4, 0.5) is 0 Å². The number of rotatable bonds is 1. The molecule has 0 heterocycles. The Labute approximate surface area is 162 Å². The van der Waals surface area contributed by atoms with Gasteiger partial charge < -0.3 is 10.2 Å². The summed E-state index contributed by atoms with van der Waals surface area (Å²) >= 11 is 0. The molecule has 0 bridgehead atoms. The highest BCUT2D eigenvalue weighted by Crippen LogP contribution is 2.49. The molecule has 0 aliphatic heterocycles. The van der Waals surface area contributed by atoms with Gasteiger partial charge in [-0.2, -0.15) is 14.7 Å². The quantitative estimate of drug-likeness (QED) is 0.370. The third kappa shape index (κ3) is 6.47. The van der Waals surface area contributed by atoms with Crippen molar-refractivity contribution < 1.29 is 24.9 Å². The molecule has 0 unspecified atom stereocenters. The molecular weight excluding hydrogens is 363 g/mol. The largest absolute Gasteiger partial charge is 0.504 e. The molecule has 2 aromatic carbocycles. The molecule has 0 amide bonds. The predicted molar refractivity (Wildman–Crippen MR) is 112 cm³/mol. The number of phenolic OH excluding ortho intramolecular Hbond substituents is 2. The Kier molecular flexibility index (Phi) is 7.06. The van der Waals surface area contributed by atoms with Gasteiger partial charge in [-0.25, -0.2) is 0 Å². The molecule has 2 aromatic rings. The Morgan fingerprint density at radius 2 is 1.04 bits per heavy atom. The second kappa shape index (κ2) is 8.15. The van der Waals surface area contributed by atoms with Crippen molar-refractivity contribution in [3.05, 3.63) is 53.1 Å². The summed E-state index contributed by atoms with van der Waals surface area (Å²) in [6, 6.07) is 10.0. The molecule has 0 spiro atoms. The highest BCUT2D eigenvalue weighted by Gasteiger charge is 2.44. The van der Waals surface area contributed by atoms with E-state index in [0.29, 0.717) is 5.30 Å². The molecule has 150 valence electrons. The molecule has 2 rings (SSSR count). The van der Waals surface area contributed by atoms with Gasteiger partial charge in [0.1, 0.15) is 0 Å². The Hall–Kier alpha value is -1.65. The molecular formula is C21H32O5P+. The zero-order chi connectivity index (χ0) is 21.2. The molecule has 0 fully saturated rings. The number of phenols is 2. The van der Waals surface area contributed by atoms with E-state index in [1.807, 2.05) is 60.6 Å². The standard InChI is InChI=1S/C15H26O3P.C6H6O2/c1-10-8-11(14(2,3)4)13(19(16,17)18)12(9-10)15(5,6)7;7-5-3-1-2-4-6(5)8/h8-9,16-18H,1-7H3;1-4,7-8H/q+1;. The fourth-order valence-electron chi connectivity index (χ4n) is 2.71. The lowest BCUT2D eigenvalue weighted by Gasteiger charge is -2.29. The van der Waals surface area contributed by atoms with Crippen LogP contribution in [0.2, 0.25) is 0 Å². The van der Waals surface area contributed by atoms with Gasteiger partial charge in [-0.05, 0) is 29.9 Å². The van der Waals surface area contributed by atoms with Crippen LogP contribution in [-0.2, 0) is 10.8 Å². The van der Waals surface area contributed by atoms with Crippen LogP contribution in [0.5, 0.6) is 11.5 Å². The maximum Gasteiger partial charge on any atom is 0.441 e. The fourth-order valence-corrected chi connectivity index (χ4v) is 4.16. The van der Waals surface area contributed by atoms with E-state index in [2.05, 4.69) is 0 Å². The van der Waals surface area contributed by atoms with Gasteiger partial charge in [0.2, 0.25) is 0 Å². The van der Waals surface area contributed by atoms with Gasteiger partial charge in [0.15, 0.2) is 16.8 Å². The van der Waals surface area contributed by atoms with Crippen LogP contribution < -0.4 is 5.30 Å². The van der Waals surface area contributed by atoms with Crippen molar-refractivity contribution in [3.63, 3.8) is 0 Å². The Balaban J connectivity index is 0.000000377. The molecule has 0 aromatic heterocycles. The lowest BCUT2D eigenvalue weighted by molar-refractivity contribution is 0.344. The number of aromatic hydroxyl groups is 2. The summed E-state index contributed by atoms with van der Waals surface area (Å²) in [5, 5.41) is 17.7.